The number of rotatable bonds is 4. The Morgan fingerprint density at radius 3 is 2.83 bits per heavy atom. The highest BCUT2D eigenvalue weighted by molar-refractivity contribution is 8.02. The van der Waals surface area contributed by atoms with Crippen LogP contribution in [0.25, 0.3) is 11.3 Å². The predicted octanol–water partition coefficient (Wildman–Crippen LogP) is 4.84. The lowest BCUT2D eigenvalue weighted by Gasteiger charge is -2.26. The summed E-state index contributed by atoms with van der Waals surface area (Å²) in [6.45, 7) is 2.02. The zero-order chi connectivity index (χ0) is 19.8. The van der Waals surface area contributed by atoms with Gasteiger partial charge in [-0.15, -0.1) is 11.8 Å². The molecule has 3 aliphatic heterocycles. The van der Waals surface area contributed by atoms with Crippen molar-refractivity contribution in [1.29, 1.82) is 0 Å². The fourth-order valence-electron chi connectivity index (χ4n) is 4.16. The Bertz CT molecular complexity index is 993. The maximum absolute atomic E-state index is 13.5. The van der Waals surface area contributed by atoms with Gasteiger partial charge in [-0.2, -0.15) is 0 Å². The fourth-order valence-corrected chi connectivity index (χ4v) is 5.77. The number of hydrogen-bond donors (Lipinski definition) is 1. The molecule has 3 aliphatic rings. The van der Waals surface area contributed by atoms with Crippen LogP contribution in [0.3, 0.4) is 0 Å². The van der Waals surface area contributed by atoms with Gasteiger partial charge in [0.15, 0.2) is 5.13 Å². The summed E-state index contributed by atoms with van der Waals surface area (Å²) in [6.07, 6.45) is 11.7. The van der Waals surface area contributed by atoms with Crippen LogP contribution in [-0.4, -0.2) is 42.1 Å². The number of nitrogens with zero attached hydrogens (tertiary/aromatic N) is 3. The third-order valence-corrected chi connectivity index (χ3v) is 7.43. The fraction of sp³-hybridized carbons (Fsp3) is 0.364. The molecule has 2 atom stereocenters. The summed E-state index contributed by atoms with van der Waals surface area (Å²) < 4.78 is 13.5. The van der Waals surface area contributed by atoms with E-state index in [0.717, 1.165) is 57.9 Å². The molecule has 29 heavy (non-hydrogen) atoms. The Balaban J connectivity index is 1.61. The molecule has 7 heteroatoms. The normalized spacial score (nSPS) is 28.4. The first-order valence-electron chi connectivity index (χ1n) is 9.98. The molecule has 2 saturated heterocycles. The molecule has 4 heterocycles. The van der Waals surface area contributed by atoms with Crippen molar-refractivity contribution in [3.05, 3.63) is 58.2 Å². The molecule has 0 radical (unpaired) electrons. The molecule has 150 valence electrons. The number of halogens is 1. The number of fused-ring (bicyclic) bond motifs is 2. The average molecular weight is 427 g/mol. The maximum atomic E-state index is 13.5. The number of hydrogen-bond acceptors (Lipinski definition) is 6. The van der Waals surface area contributed by atoms with Crippen molar-refractivity contribution >= 4 is 33.9 Å². The molecular formula is C22H23FN4S2. The van der Waals surface area contributed by atoms with Crippen LogP contribution in [0.5, 0.6) is 0 Å². The van der Waals surface area contributed by atoms with Gasteiger partial charge in [0.05, 0.1) is 21.3 Å². The lowest BCUT2D eigenvalue weighted by atomic mass is 10.1. The number of nitrogens with one attached hydrogen (secondary N) is 1. The van der Waals surface area contributed by atoms with Gasteiger partial charge >= 0.3 is 0 Å². The van der Waals surface area contributed by atoms with Crippen LogP contribution in [0.1, 0.15) is 24.1 Å². The lowest BCUT2D eigenvalue weighted by molar-refractivity contribution is 0.579. The second-order valence-electron chi connectivity index (χ2n) is 7.55. The van der Waals surface area contributed by atoms with Crippen molar-refractivity contribution in [2.75, 3.05) is 24.2 Å². The van der Waals surface area contributed by atoms with Crippen LogP contribution >= 0.6 is 23.1 Å². The molecule has 1 aromatic carbocycles. The van der Waals surface area contributed by atoms with Crippen molar-refractivity contribution in [2.45, 2.75) is 31.3 Å². The maximum Gasteiger partial charge on any atom is 0.186 e. The number of aliphatic imine (C=N–C) groups is 1. The van der Waals surface area contributed by atoms with E-state index in [-0.39, 0.29) is 5.82 Å². The Hall–Kier alpha value is -1.96. The highest BCUT2D eigenvalue weighted by atomic mass is 32.2. The Labute approximate surface area is 178 Å². The van der Waals surface area contributed by atoms with E-state index in [1.807, 2.05) is 12.1 Å². The number of anilines is 1. The topological polar surface area (TPSA) is 40.5 Å². The molecule has 2 fully saturated rings. The lowest BCUT2D eigenvalue weighted by Crippen LogP contribution is -2.43. The minimum Gasteiger partial charge on any atom is -0.342 e. The molecule has 1 N–H and O–H groups in total. The summed E-state index contributed by atoms with van der Waals surface area (Å²) in [6, 6.07) is 7.70. The van der Waals surface area contributed by atoms with E-state index in [0.29, 0.717) is 12.1 Å². The Kier molecular flexibility index (Phi) is 5.28. The summed E-state index contributed by atoms with van der Waals surface area (Å²) in [7, 11) is 0. The first kappa shape index (κ1) is 19.0. The molecule has 0 spiro atoms. The summed E-state index contributed by atoms with van der Waals surface area (Å²) in [5.41, 5.74) is 2.76. The second kappa shape index (κ2) is 8.05. The smallest absolute Gasteiger partial charge is 0.186 e. The van der Waals surface area contributed by atoms with Gasteiger partial charge in [0.25, 0.3) is 0 Å². The van der Waals surface area contributed by atoms with Crippen molar-refractivity contribution in [2.24, 2.45) is 4.99 Å². The Morgan fingerprint density at radius 1 is 1.24 bits per heavy atom. The minimum absolute atomic E-state index is 0.232. The van der Waals surface area contributed by atoms with Gasteiger partial charge in [0.1, 0.15) is 5.82 Å². The van der Waals surface area contributed by atoms with Gasteiger partial charge in [-0.3, -0.25) is 0 Å². The third kappa shape index (κ3) is 3.79. The molecular weight excluding hydrogens is 403 g/mol. The predicted molar refractivity (Wildman–Crippen MR) is 122 cm³/mol. The number of aromatic nitrogens is 1. The minimum atomic E-state index is -0.232. The van der Waals surface area contributed by atoms with E-state index in [1.165, 1.54) is 18.6 Å². The monoisotopic (exact) mass is 426 g/mol. The van der Waals surface area contributed by atoms with Crippen LogP contribution in [0.2, 0.25) is 0 Å². The quantitative estimate of drug-likeness (QED) is 0.759. The van der Waals surface area contributed by atoms with E-state index >= 15 is 0 Å². The molecule has 1 aromatic heterocycles. The van der Waals surface area contributed by atoms with Gasteiger partial charge in [-0.25, -0.2) is 14.4 Å². The molecule has 5 rings (SSSR count). The summed E-state index contributed by atoms with van der Waals surface area (Å²) >= 11 is 3.37. The van der Waals surface area contributed by atoms with Crippen molar-refractivity contribution in [1.82, 2.24) is 10.3 Å². The summed E-state index contributed by atoms with van der Waals surface area (Å²) in [5.74, 6) is -0.232. The van der Waals surface area contributed by atoms with Crippen LogP contribution in [0, 0.1) is 5.82 Å². The van der Waals surface area contributed by atoms with E-state index < -0.39 is 0 Å². The van der Waals surface area contributed by atoms with Gasteiger partial charge < -0.3 is 10.2 Å². The first-order valence-corrected chi connectivity index (χ1v) is 12.0. The van der Waals surface area contributed by atoms with Crippen molar-refractivity contribution in [3.8, 4) is 11.3 Å². The van der Waals surface area contributed by atoms with E-state index in [1.54, 1.807) is 23.1 Å². The van der Waals surface area contributed by atoms with Crippen LogP contribution < -0.4 is 10.2 Å². The van der Waals surface area contributed by atoms with Gasteiger partial charge in [-0.1, -0.05) is 23.5 Å². The SMILES string of the molecule is CSC1=C/CC/C=C/C(c2sc(N3CC4CC3CN4)nc2-c2ccc(F)cc2)=N\1. The van der Waals surface area contributed by atoms with Gasteiger partial charge in [-0.05, 0) is 55.9 Å². The van der Waals surface area contributed by atoms with Crippen molar-refractivity contribution < 1.29 is 4.39 Å². The van der Waals surface area contributed by atoms with Crippen LogP contribution in [0.4, 0.5) is 9.52 Å². The zero-order valence-electron chi connectivity index (χ0n) is 16.3. The van der Waals surface area contributed by atoms with Gasteiger partial charge in [0, 0.05) is 30.7 Å². The molecule has 2 bridgehead atoms. The summed E-state index contributed by atoms with van der Waals surface area (Å²) in [4.78, 5) is 13.5. The first-order chi connectivity index (χ1) is 14.2. The third-order valence-electron chi connectivity index (χ3n) is 5.64. The molecule has 0 amide bonds. The molecule has 4 nitrogen and oxygen atoms in total. The molecule has 0 aliphatic carbocycles. The highest BCUT2D eigenvalue weighted by Crippen LogP contribution is 2.39. The van der Waals surface area contributed by atoms with Crippen molar-refractivity contribution in [3.63, 3.8) is 0 Å². The zero-order valence-corrected chi connectivity index (χ0v) is 17.9. The van der Waals surface area contributed by atoms with Crippen LogP contribution in [0.15, 0.2) is 52.5 Å². The number of thioether (sulfide) groups is 1. The largest absolute Gasteiger partial charge is 0.342 e. The number of benzene rings is 1. The molecule has 0 saturated carbocycles. The Morgan fingerprint density at radius 2 is 2.10 bits per heavy atom. The standard InChI is InChI=1S/C22H23FN4S2/c1-28-19-6-4-2-3-5-18(25-19)21-20(14-7-9-15(23)10-8-14)26-22(29-21)27-13-16-11-17(27)12-24-16/h3,5-10,16-17,24H,2,4,11-13H2,1H3/b5-3+,19-6+,25-18+. The molecule has 2 aromatic rings. The van der Waals surface area contributed by atoms with E-state index in [4.69, 9.17) is 9.98 Å². The number of thiazole rings is 1. The highest BCUT2D eigenvalue weighted by Gasteiger charge is 2.39. The van der Waals surface area contributed by atoms with Gasteiger partial charge in [0.2, 0.25) is 0 Å². The molecule has 2 unspecified atom stereocenters. The summed E-state index contributed by atoms with van der Waals surface area (Å²) in [5, 5.41) is 5.63. The second-order valence-corrected chi connectivity index (χ2v) is 9.36. The number of piperazine rings is 1. The number of allylic oxidation sites excluding steroid dienone is 3. The average Bonchev–Trinajstić information content (AvgIpc) is 3.44. The van der Waals surface area contributed by atoms with E-state index in [2.05, 4.69) is 34.7 Å². The van der Waals surface area contributed by atoms with Crippen LogP contribution in [-0.2, 0) is 0 Å². The van der Waals surface area contributed by atoms with E-state index in [9.17, 15) is 4.39 Å².